The Kier molecular flexibility index (Phi) is 5.12. The van der Waals surface area contributed by atoms with Gasteiger partial charge in [-0.3, -0.25) is 4.79 Å². The van der Waals surface area contributed by atoms with Gasteiger partial charge in [0.15, 0.2) is 5.78 Å². The molecule has 0 bridgehead atoms. The van der Waals surface area contributed by atoms with Crippen LogP contribution in [0.25, 0.3) is 0 Å². The molecule has 110 valence electrons. The van der Waals surface area contributed by atoms with Crippen molar-refractivity contribution in [2.24, 2.45) is 0 Å². The first-order chi connectivity index (χ1) is 10.1. The van der Waals surface area contributed by atoms with E-state index in [9.17, 15) is 4.79 Å². The molecule has 3 heteroatoms. The van der Waals surface area contributed by atoms with Crippen LogP contribution in [0.3, 0.4) is 0 Å². The number of Topliss-reactive ketones (excluding diaryl/α,β-unsaturated/α-hetero) is 1. The summed E-state index contributed by atoms with van der Waals surface area (Å²) in [5, 5.41) is 0. The van der Waals surface area contributed by atoms with Crippen molar-refractivity contribution in [3.8, 4) is 5.75 Å². The summed E-state index contributed by atoms with van der Waals surface area (Å²) in [6, 6.07) is 13.4. The molecule has 0 spiro atoms. The molecular formula is C18H20O3. The topological polar surface area (TPSA) is 35.5 Å². The molecule has 0 fully saturated rings. The van der Waals surface area contributed by atoms with E-state index in [1.54, 1.807) is 7.11 Å². The van der Waals surface area contributed by atoms with E-state index in [0.717, 1.165) is 28.0 Å². The summed E-state index contributed by atoms with van der Waals surface area (Å²) >= 11 is 0. The molecule has 2 rings (SSSR count). The Labute approximate surface area is 125 Å². The minimum Gasteiger partial charge on any atom is -0.497 e. The van der Waals surface area contributed by atoms with Crippen LogP contribution in [0.5, 0.6) is 5.75 Å². The van der Waals surface area contributed by atoms with Crippen LogP contribution in [0.4, 0.5) is 0 Å². The van der Waals surface area contributed by atoms with Crippen LogP contribution >= 0.6 is 0 Å². The Morgan fingerprint density at radius 1 is 1.05 bits per heavy atom. The third-order valence-electron chi connectivity index (χ3n) is 3.34. The normalized spacial score (nSPS) is 10.4. The summed E-state index contributed by atoms with van der Waals surface area (Å²) in [5.74, 6) is 0.825. The van der Waals surface area contributed by atoms with Gasteiger partial charge < -0.3 is 9.47 Å². The SMILES string of the molecule is COc1ccc(COCC(=O)c2ccc(C)cc2C)cc1. The molecule has 0 aromatic heterocycles. The molecule has 0 unspecified atom stereocenters. The third kappa shape index (κ3) is 4.17. The quantitative estimate of drug-likeness (QED) is 0.759. The molecule has 0 heterocycles. The Hall–Kier alpha value is -2.13. The third-order valence-corrected chi connectivity index (χ3v) is 3.34. The highest BCUT2D eigenvalue weighted by Crippen LogP contribution is 2.13. The minimum absolute atomic E-state index is 0.0148. The van der Waals surface area contributed by atoms with Gasteiger partial charge in [0.2, 0.25) is 0 Å². The molecule has 0 radical (unpaired) electrons. The van der Waals surface area contributed by atoms with Crippen molar-refractivity contribution in [2.75, 3.05) is 13.7 Å². The van der Waals surface area contributed by atoms with Crippen molar-refractivity contribution in [1.82, 2.24) is 0 Å². The molecule has 0 amide bonds. The van der Waals surface area contributed by atoms with Gasteiger partial charge in [0.25, 0.3) is 0 Å². The molecular weight excluding hydrogens is 264 g/mol. The van der Waals surface area contributed by atoms with Gasteiger partial charge in [0, 0.05) is 5.56 Å². The van der Waals surface area contributed by atoms with Crippen LogP contribution in [0.2, 0.25) is 0 Å². The number of carbonyl (C=O) groups excluding carboxylic acids is 1. The molecule has 0 aliphatic carbocycles. The number of aryl methyl sites for hydroxylation is 2. The standard InChI is InChI=1S/C18H20O3/c1-13-4-9-17(14(2)10-13)18(19)12-21-11-15-5-7-16(20-3)8-6-15/h4-10H,11-12H2,1-3H3. The zero-order valence-electron chi connectivity index (χ0n) is 12.7. The zero-order valence-corrected chi connectivity index (χ0v) is 12.7. The maximum atomic E-state index is 12.1. The zero-order chi connectivity index (χ0) is 15.2. The first kappa shape index (κ1) is 15.3. The molecule has 0 saturated carbocycles. The van der Waals surface area contributed by atoms with E-state index in [0.29, 0.717) is 6.61 Å². The van der Waals surface area contributed by atoms with Gasteiger partial charge in [0.05, 0.1) is 13.7 Å². The van der Waals surface area contributed by atoms with Crippen molar-refractivity contribution in [2.45, 2.75) is 20.5 Å². The summed E-state index contributed by atoms with van der Waals surface area (Å²) in [4.78, 5) is 12.1. The van der Waals surface area contributed by atoms with Gasteiger partial charge in [0.1, 0.15) is 12.4 Å². The second kappa shape index (κ2) is 7.04. The number of carbonyl (C=O) groups is 1. The predicted molar refractivity (Wildman–Crippen MR) is 82.9 cm³/mol. The number of rotatable bonds is 6. The van der Waals surface area contributed by atoms with Crippen molar-refractivity contribution < 1.29 is 14.3 Å². The van der Waals surface area contributed by atoms with Gasteiger partial charge in [-0.05, 0) is 37.1 Å². The molecule has 0 saturated heterocycles. The lowest BCUT2D eigenvalue weighted by atomic mass is 10.0. The predicted octanol–water partition coefficient (Wildman–Crippen LogP) is 3.71. The van der Waals surface area contributed by atoms with Crippen molar-refractivity contribution in [1.29, 1.82) is 0 Å². The fraction of sp³-hybridized carbons (Fsp3) is 0.278. The highest BCUT2D eigenvalue weighted by molar-refractivity contribution is 5.98. The molecule has 2 aromatic rings. The molecule has 0 N–H and O–H groups in total. The van der Waals surface area contributed by atoms with Crippen LogP contribution in [-0.2, 0) is 11.3 Å². The van der Waals surface area contributed by atoms with Gasteiger partial charge in [-0.15, -0.1) is 0 Å². The number of ketones is 1. The van der Waals surface area contributed by atoms with E-state index in [4.69, 9.17) is 9.47 Å². The first-order valence-corrected chi connectivity index (χ1v) is 6.91. The van der Waals surface area contributed by atoms with Crippen LogP contribution in [0.15, 0.2) is 42.5 Å². The van der Waals surface area contributed by atoms with Gasteiger partial charge >= 0.3 is 0 Å². The lowest BCUT2D eigenvalue weighted by Crippen LogP contribution is -2.10. The second-order valence-electron chi connectivity index (χ2n) is 5.08. The molecule has 2 aromatic carbocycles. The summed E-state index contributed by atoms with van der Waals surface area (Å²) < 4.78 is 10.6. The first-order valence-electron chi connectivity index (χ1n) is 6.91. The average Bonchev–Trinajstić information content (AvgIpc) is 2.47. The lowest BCUT2D eigenvalue weighted by Gasteiger charge is -2.07. The number of hydrogen-bond donors (Lipinski definition) is 0. The Balaban J connectivity index is 1.88. The smallest absolute Gasteiger partial charge is 0.188 e. The molecule has 0 aliphatic rings. The maximum absolute atomic E-state index is 12.1. The number of ether oxygens (including phenoxy) is 2. The molecule has 21 heavy (non-hydrogen) atoms. The second-order valence-corrected chi connectivity index (χ2v) is 5.08. The summed E-state index contributed by atoms with van der Waals surface area (Å²) in [6.07, 6.45) is 0. The Bertz CT molecular complexity index is 615. The highest BCUT2D eigenvalue weighted by Gasteiger charge is 2.09. The summed E-state index contributed by atoms with van der Waals surface area (Å²) in [5.41, 5.74) is 3.90. The van der Waals surface area contributed by atoms with E-state index >= 15 is 0 Å². The van der Waals surface area contributed by atoms with Gasteiger partial charge in [-0.2, -0.15) is 0 Å². The molecule has 0 atom stereocenters. The van der Waals surface area contributed by atoms with E-state index < -0.39 is 0 Å². The Morgan fingerprint density at radius 3 is 2.38 bits per heavy atom. The van der Waals surface area contributed by atoms with Gasteiger partial charge in [-0.1, -0.05) is 35.9 Å². The largest absolute Gasteiger partial charge is 0.497 e. The maximum Gasteiger partial charge on any atom is 0.188 e. The summed E-state index contributed by atoms with van der Waals surface area (Å²) in [6.45, 7) is 4.47. The highest BCUT2D eigenvalue weighted by atomic mass is 16.5. The fourth-order valence-electron chi connectivity index (χ4n) is 2.19. The lowest BCUT2D eigenvalue weighted by molar-refractivity contribution is 0.0726. The van der Waals surface area contributed by atoms with E-state index in [1.165, 1.54) is 0 Å². The number of hydrogen-bond acceptors (Lipinski definition) is 3. The van der Waals surface area contributed by atoms with Crippen molar-refractivity contribution in [3.63, 3.8) is 0 Å². The number of benzene rings is 2. The van der Waals surface area contributed by atoms with Crippen molar-refractivity contribution >= 4 is 5.78 Å². The van der Waals surface area contributed by atoms with Crippen LogP contribution < -0.4 is 4.74 Å². The van der Waals surface area contributed by atoms with Crippen LogP contribution in [-0.4, -0.2) is 19.5 Å². The summed E-state index contributed by atoms with van der Waals surface area (Å²) in [7, 11) is 1.63. The van der Waals surface area contributed by atoms with Gasteiger partial charge in [-0.25, -0.2) is 0 Å². The average molecular weight is 284 g/mol. The number of methoxy groups -OCH3 is 1. The van der Waals surface area contributed by atoms with Crippen LogP contribution in [0, 0.1) is 13.8 Å². The van der Waals surface area contributed by atoms with Crippen LogP contribution in [0.1, 0.15) is 27.0 Å². The monoisotopic (exact) mass is 284 g/mol. The minimum atomic E-state index is 0.0148. The molecule has 3 nitrogen and oxygen atoms in total. The van der Waals surface area contributed by atoms with E-state index in [-0.39, 0.29) is 12.4 Å². The fourth-order valence-corrected chi connectivity index (χ4v) is 2.19. The Morgan fingerprint density at radius 2 is 1.76 bits per heavy atom. The molecule has 0 aliphatic heterocycles. The van der Waals surface area contributed by atoms with E-state index in [2.05, 4.69) is 0 Å². The van der Waals surface area contributed by atoms with Crippen molar-refractivity contribution in [3.05, 3.63) is 64.7 Å². The van der Waals surface area contributed by atoms with E-state index in [1.807, 2.05) is 56.3 Å².